The third-order valence-electron chi connectivity index (χ3n) is 4.20. The zero-order chi connectivity index (χ0) is 24.4. The van der Waals surface area contributed by atoms with Gasteiger partial charge in [-0.15, -0.1) is 0 Å². The summed E-state index contributed by atoms with van der Waals surface area (Å²) in [5.74, 6) is -1.86. The highest BCUT2D eigenvalue weighted by molar-refractivity contribution is 6.30. The van der Waals surface area contributed by atoms with Gasteiger partial charge in [0.2, 0.25) is 0 Å². The Balaban J connectivity index is 1.79. The van der Waals surface area contributed by atoms with Gasteiger partial charge in [0, 0.05) is 10.6 Å². The zero-order valence-electron chi connectivity index (χ0n) is 17.6. The Bertz CT molecular complexity index is 981. The molecule has 0 saturated carbocycles. The number of benzene rings is 2. The van der Waals surface area contributed by atoms with Crippen LogP contribution in [0.25, 0.3) is 0 Å². The summed E-state index contributed by atoms with van der Waals surface area (Å²) in [5.41, 5.74) is -1.38. The maximum Gasteiger partial charge on any atom is 0.418 e. The lowest BCUT2D eigenvalue weighted by atomic mass is 10.1. The van der Waals surface area contributed by atoms with E-state index in [0.29, 0.717) is 18.4 Å². The fourth-order valence-electron chi connectivity index (χ4n) is 2.53. The van der Waals surface area contributed by atoms with Gasteiger partial charge in [-0.25, -0.2) is 0 Å². The summed E-state index contributed by atoms with van der Waals surface area (Å²) < 4.78 is 49.4. The van der Waals surface area contributed by atoms with Crippen molar-refractivity contribution in [2.45, 2.75) is 25.9 Å². The van der Waals surface area contributed by atoms with Crippen molar-refractivity contribution in [3.63, 3.8) is 0 Å². The molecule has 2 aromatic rings. The van der Waals surface area contributed by atoms with E-state index in [2.05, 4.69) is 5.32 Å². The summed E-state index contributed by atoms with van der Waals surface area (Å²) in [7, 11) is 0. The van der Waals surface area contributed by atoms with Gasteiger partial charge in [0.05, 0.1) is 17.9 Å². The molecule has 0 unspecified atom stereocenters. The standard InChI is InChI=1S/C22H22ClF3N2O5/c1-2-3-10-32-16-7-4-14(5-8-16)21(31)27-12-20(30)33-13-19(29)28-18-9-6-15(23)11-17(18)22(24,25)26/h4-9,11H,2-3,10,12-13H2,1H3,(H,27,31)(H,28,29). The van der Waals surface area contributed by atoms with E-state index in [9.17, 15) is 27.6 Å². The summed E-state index contributed by atoms with van der Waals surface area (Å²) in [6, 6.07) is 9.14. The summed E-state index contributed by atoms with van der Waals surface area (Å²) in [5, 5.41) is 4.20. The summed E-state index contributed by atoms with van der Waals surface area (Å²) in [6.45, 7) is 1.24. The lowest BCUT2D eigenvalue weighted by Gasteiger charge is -2.14. The Labute approximate surface area is 193 Å². The fraction of sp³-hybridized carbons (Fsp3) is 0.318. The average molecular weight is 487 g/mol. The molecule has 0 aliphatic heterocycles. The lowest BCUT2D eigenvalue weighted by molar-refractivity contribution is -0.146. The van der Waals surface area contributed by atoms with Crippen LogP contribution in [0.2, 0.25) is 5.02 Å². The molecule has 2 amide bonds. The molecular formula is C22H22ClF3N2O5. The number of hydrogen-bond donors (Lipinski definition) is 2. The minimum Gasteiger partial charge on any atom is -0.494 e. The maximum atomic E-state index is 13.1. The van der Waals surface area contributed by atoms with Crippen LogP contribution in [-0.4, -0.2) is 37.5 Å². The van der Waals surface area contributed by atoms with Crippen LogP contribution in [0.15, 0.2) is 42.5 Å². The van der Waals surface area contributed by atoms with E-state index in [1.54, 1.807) is 12.1 Å². The van der Waals surface area contributed by atoms with E-state index in [1.807, 2.05) is 12.2 Å². The van der Waals surface area contributed by atoms with Crippen LogP contribution in [-0.2, 0) is 20.5 Å². The number of nitrogens with one attached hydrogen (secondary N) is 2. The predicted octanol–water partition coefficient (Wildman–Crippen LogP) is 4.45. The highest BCUT2D eigenvalue weighted by atomic mass is 35.5. The van der Waals surface area contributed by atoms with E-state index in [1.165, 1.54) is 18.2 Å². The van der Waals surface area contributed by atoms with Crippen molar-refractivity contribution >= 4 is 35.1 Å². The van der Waals surface area contributed by atoms with Crippen molar-refractivity contribution in [3.05, 3.63) is 58.6 Å². The number of anilines is 1. The molecule has 33 heavy (non-hydrogen) atoms. The first-order valence-corrected chi connectivity index (χ1v) is 10.3. The minimum atomic E-state index is -4.74. The van der Waals surface area contributed by atoms with Crippen molar-refractivity contribution in [2.75, 3.05) is 25.1 Å². The summed E-state index contributed by atoms with van der Waals surface area (Å²) in [4.78, 5) is 35.8. The molecule has 2 rings (SSSR count). The van der Waals surface area contributed by atoms with E-state index in [0.717, 1.165) is 18.9 Å². The Hall–Kier alpha value is -3.27. The third kappa shape index (κ3) is 8.64. The van der Waals surface area contributed by atoms with Crippen molar-refractivity contribution < 1.29 is 37.0 Å². The van der Waals surface area contributed by atoms with Crippen LogP contribution in [0.4, 0.5) is 18.9 Å². The quantitative estimate of drug-likeness (QED) is 0.382. The number of halogens is 4. The van der Waals surface area contributed by atoms with Crippen LogP contribution in [0.5, 0.6) is 5.75 Å². The van der Waals surface area contributed by atoms with Gasteiger partial charge in [-0.3, -0.25) is 14.4 Å². The Morgan fingerprint density at radius 1 is 1.06 bits per heavy atom. The first-order valence-electron chi connectivity index (χ1n) is 9.93. The van der Waals surface area contributed by atoms with Crippen molar-refractivity contribution in [1.82, 2.24) is 5.32 Å². The summed E-state index contributed by atoms with van der Waals surface area (Å²) >= 11 is 5.58. The number of carbonyl (C=O) groups is 3. The zero-order valence-corrected chi connectivity index (χ0v) is 18.4. The SMILES string of the molecule is CCCCOc1ccc(C(=O)NCC(=O)OCC(=O)Nc2ccc(Cl)cc2C(F)(F)F)cc1. The third-order valence-corrected chi connectivity index (χ3v) is 4.44. The molecule has 178 valence electrons. The number of ether oxygens (including phenoxy) is 2. The smallest absolute Gasteiger partial charge is 0.418 e. The number of alkyl halides is 3. The topological polar surface area (TPSA) is 93.7 Å². The molecule has 11 heteroatoms. The van der Waals surface area contributed by atoms with E-state index >= 15 is 0 Å². The van der Waals surface area contributed by atoms with Crippen LogP contribution < -0.4 is 15.4 Å². The second kappa shape index (κ2) is 12.1. The van der Waals surface area contributed by atoms with Gasteiger partial charge in [-0.2, -0.15) is 13.2 Å². The van der Waals surface area contributed by atoms with Crippen LogP contribution in [0.1, 0.15) is 35.7 Å². The Kier molecular flexibility index (Phi) is 9.53. The molecule has 0 saturated heterocycles. The predicted molar refractivity (Wildman–Crippen MR) is 115 cm³/mol. The van der Waals surface area contributed by atoms with Crippen LogP contribution >= 0.6 is 11.6 Å². The number of esters is 1. The second-order valence-electron chi connectivity index (χ2n) is 6.81. The maximum absolute atomic E-state index is 13.1. The molecule has 0 fully saturated rings. The van der Waals surface area contributed by atoms with Crippen LogP contribution in [0.3, 0.4) is 0 Å². The average Bonchev–Trinajstić information content (AvgIpc) is 2.77. The Morgan fingerprint density at radius 2 is 1.76 bits per heavy atom. The normalized spacial score (nSPS) is 10.9. The molecular weight excluding hydrogens is 465 g/mol. The first-order chi connectivity index (χ1) is 15.6. The highest BCUT2D eigenvalue weighted by Crippen LogP contribution is 2.36. The number of carbonyl (C=O) groups excluding carboxylic acids is 3. The van der Waals surface area contributed by atoms with Gasteiger partial charge in [0.15, 0.2) is 6.61 Å². The number of unbranched alkanes of at least 4 members (excludes halogenated alkanes) is 1. The molecule has 2 N–H and O–H groups in total. The van der Waals surface area contributed by atoms with Gasteiger partial charge in [-0.05, 0) is 48.9 Å². The van der Waals surface area contributed by atoms with Gasteiger partial charge < -0.3 is 20.1 Å². The molecule has 0 spiro atoms. The molecule has 0 aliphatic carbocycles. The van der Waals surface area contributed by atoms with Crippen molar-refractivity contribution in [2.24, 2.45) is 0 Å². The van der Waals surface area contributed by atoms with Crippen molar-refractivity contribution in [1.29, 1.82) is 0 Å². The number of hydrogen-bond acceptors (Lipinski definition) is 5. The van der Waals surface area contributed by atoms with Crippen LogP contribution in [0, 0.1) is 0 Å². The molecule has 7 nitrogen and oxygen atoms in total. The van der Waals surface area contributed by atoms with E-state index < -0.39 is 48.4 Å². The fourth-order valence-corrected chi connectivity index (χ4v) is 2.71. The van der Waals surface area contributed by atoms with E-state index in [-0.39, 0.29) is 10.6 Å². The summed E-state index contributed by atoms with van der Waals surface area (Å²) in [6.07, 6.45) is -2.84. The van der Waals surface area contributed by atoms with E-state index in [4.69, 9.17) is 21.1 Å². The van der Waals surface area contributed by atoms with Gasteiger partial charge >= 0.3 is 12.1 Å². The molecule has 2 aromatic carbocycles. The van der Waals surface area contributed by atoms with Gasteiger partial charge in [0.1, 0.15) is 12.3 Å². The molecule has 0 heterocycles. The van der Waals surface area contributed by atoms with Crippen molar-refractivity contribution in [3.8, 4) is 5.75 Å². The molecule has 0 atom stereocenters. The molecule has 0 aliphatic rings. The number of amides is 2. The highest BCUT2D eigenvalue weighted by Gasteiger charge is 2.34. The molecule has 0 aromatic heterocycles. The minimum absolute atomic E-state index is 0.152. The van der Waals surface area contributed by atoms with Gasteiger partial charge in [0.25, 0.3) is 11.8 Å². The Morgan fingerprint density at radius 3 is 2.39 bits per heavy atom. The molecule has 0 radical (unpaired) electrons. The molecule has 0 bridgehead atoms. The largest absolute Gasteiger partial charge is 0.494 e. The lowest BCUT2D eigenvalue weighted by Crippen LogP contribution is -2.32. The van der Waals surface area contributed by atoms with Gasteiger partial charge in [-0.1, -0.05) is 24.9 Å². The second-order valence-corrected chi connectivity index (χ2v) is 7.24. The monoisotopic (exact) mass is 486 g/mol. The number of rotatable bonds is 10. The first kappa shape index (κ1) is 26.0.